The summed E-state index contributed by atoms with van der Waals surface area (Å²) in [6, 6.07) is 9.12. The molecule has 1 aromatic heterocycles. The van der Waals surface area contributed by atoms with Gasteiger partial charge in [0, 0.05) is 5.22 Å². The Bertz CT molecular complexity index is 780. The molecule has 20 heavy (non-hydrogen) atoms. The van der Waals surface area contributed by atoms with Crippen LogP contribution in [0.25, 0.3) is 23.3 Å². The smallest absolute Gasteiger partial charge is 0.344 e. The number of hydrogen-bond donors (Lipinski definition) is 0. The first kappa shape index (κ1) is 13.9. The fourth-order valence-electron chi connectivity index (χ4n) is 1.93. The van der Waals surface area contributed by atoms with Gasteiger partial charge in [0.05, 0.1) is 12.7 Å². The van der Waals surface area contributed by atoms with E-state index in [0.717, 1.165) is 16.5 Å². The predicted molar refractivity (Wildman–Crippen MR) is 81.0 cm³/mol. The summed E-state index contributed by atoms with van der Waals surface area (Å²) in [5.41, 5.74) is 1.48. The highest BCUT2D eigenvalue weighted by atomic mass is 16.5. The zero-order chi connectivity index (χ0) is 14.5. The summed E-state index contributed by atoms with van der Waals surface area (Å²) >= 11 is 0. The van der Waals surface area contributed by atoms with Gasteiger partial charge in [-0.2, -0.15) is 0 Å². The lowest BCUT2D eigenvalue weighted by Gasteiger charge is -2.02. The van der Waals surface area contributed by atoms with E-state index in [0.29, 0.717) is 11.0 Å². The third-order valence-electron chi connectivity index (χ3n) is 2.99. The largest absolute Gasteiger partial charge is 0.497 e. The minimum absolute atomic E-state index is 0.367. The van der Waals surface area contributed by atoms with Crippen LogP contribution in [0.1, 0.15) is 6.92 Å². The molecule has 3 heteroatoms. The second kappa shape index (κ2) is 6.06. The molecule has 0 aliphatic carbocycles. The molecule has 0 aliphatic rings. The van der Waals surface area contributed by atoms with Crippen LogP contribution in [0.15, 0.2) is 52.2 Å². The topological polar surface area (TPSA) is 39.4 Å². The molecule has 3 nitrogen and oxygen atoms in total. The monoisotopic (exact) mass is 268 g/mol. The highest BCUT2D eigenvalue weighted by Crippen LogP contribution is 2.18. The second-order valence-electron chi connectivity index (χ2n) is 4.19. The Morgan fingerprint density at radius 3 is 2.50 bits per heavy atom. The molecule has 2 aromatic rings. The number of allylic oxidation sites excluding steroid dienone is 1. The Balaban J connectivity index is 2.66. The van der Waals surface area contributed by atoms with E-state index in [2.05, 4.69) is 6.58 Å². The van der Waals surface area contributed by atoms with E-state index in [1.54, 1.807) is 19.3 Å². The fourth-order valence-corrected chi connectivity index (χ4v) is 1.93. The number of ether oxygens (including phenoxy) is 1. The van der Waals surface area contributed by atoms with Gasteiger partial charge in [-0.3, -0.25) is 0 Å². The standard InChI is InChI=1S/C17H16O3/c1-4-6-16-12(5-2)11-15(17(18)20-16)13-7-9-14(19-3)10-8-13/h4-11H,1H2,2-3H3. The van der Waals surface area contributed by atoms with Gasteiger partial charge >= 0.3 is 5.63 Å². The van der Waals surface area contributed by atoms with E-state index < -0.39 is 0 Å². The van der Waals surface area contributed by atoms with Crippen molar-refractivity contribution in [1.29, 1.82) is 0 Å². The van der Waals surface area contributed by atoms with Crippen LogP contribution in [0.2, 0.25) is 0 Å². The van der Waals surface area contributed by atoms with Crippen LogP contribution in [-0.2, 0) is 0 Å². The van der Waals surface area contributed by atoms with E-state index in [-0.39, 0.29) is 5.63 Å². The van der Waals surface area contributed by atoms with E-state index in [9.17, 15) is 4.79 Å². The van der Waals surface area contributed by atoms with Crippen LogP contribution < -0.4 is 21.0 Å². The first-order valence-corrected chi connectivity index (χ1v) is 6.27. The third-order valence-corrected chi connectivity index (χ3v) is 2.99. The first-order chi connectivity index (χ1) is 9.69. The van der Waals surface area contributed by atoms with Crippen LogP contribution >= 0.6 is 0 Å². The molecule has 1 aromatic carbocycles. The Kier molecular flexibility index (Phi) is 4.20. The van der Waals surface area contributed by atoms with Crippen LogP contribution in [0.3, 0.4) is 0 Å². The molecule has 0 N–H and O–H groups in total. The van der Waals surface area contributed by atoms with Crippen molar-refractivity contribution in [3.8, 4) is 16.9 Å². The van der Waals surface area contributed by atoms with Crippen molar-refractivity contribution in [2.45, 2.75) is 6.92 Å². The van der Waals surface area contributed by atoms with Gasteiger partial charge in [-0.25, -0.2) is 4.79 Å². The molecule has 2 rings (SSSR count). The molecular weight excluding hydrogens is 252 g/mol. The van der Waals surface area contributed by atoms with Crippen molar-refractivity contribution in [3.63, 3.8) is 0 Å². The average molecular weight is 268 g/mol. The van der Waals surface area contributed by atoms with E-state index in [4.69, 9.17) is 9.15 Å². The maximum atomic E-state index is 12.1. The van der Waals surface area contributed by atoms with E-state index >= 15 is 0 Å². The lowest BCUT2D eigenvalue weighted by Crippen LogP contribution is -2.29. The third kappa shape index (κ3) is 2.72. The number of rotatable bonds is 3. The molecule has 0 spiro atoms. The summed E-state index contributed by atoms with van der Waals surface area (Å²) < 4.78 is 10.4. The van der Waals surface area contributed by atoms with Crippen molar-refractivity contribution in [1.82, 2.24) is 0 Å². The van der Waals surface area contributed by atoms with Crippen LogP contribution in [0, 0.1) is 0 Å². The molecule has 0 amide bonds. The first-order valence-electron chi connectivity index (χ1n) is 6.27. The summed E-state index contributed by atoms with van der Waals surface area (Å²) in [6.45, 7) is 5.51. The van der Waals surface area contributed by atoms with Gasteiger partial charge in [0.2, 0.25) is 0 Å². The van der Waals surface area contributed by atoms with Crippen LogP contribution in [0.5, 0.6) is 5.75 Å². The van der Waals surface area contributed by atoms with Gasteiger partial charge in [-0.1, -0.05) is 30.9 Å². The lowest BCUT2D eigenvalue weighted by atomic mass is 10.1. The minimum Gasteiger partial charge on any atom is -0.497 e. The Morgan fingerprint density at radius 1 is 1.25 bits per heavy atom. The highest BCUT2D eigenvalue weighted by Gasteiger charge is 2.05. The summed E-state index contributed by atoms with van der Waals surface area (Å²) in [6.07, 6.45) is 5.16. The summed E-state index contributed by atoms with van der Waals surface area (Å²) in [7, 11) is 1.60. The molecule has 0 saturated heterocycles. The van der Waals surface area contributed by atoms with Gasteiger partial charge in [-0.15, -0.1) is 0 Å². The Labute approximate surface area is 117 Å². The summed E-state index contributed by atoms with van der Waals surface area (Å²) in [4.78, 5) is 12.1. The molecule has 0 saturated carbocycles. The molecule has 1 heterocycles. The molecule has 0 unspecified atom stereocenters. The predicted octanol–water partition coefficient (Wildman–Crippen LogP) is 2.08. The summed E-state index contributed by atoms with van der Waals surface area (Å²) in [5, 5.41) is 0.857. The minimum atomic E-state index is -0.367. The van der Waals surface area contributed by atoms with E-state index in [1.165, 1.54) is 0 Å². The van der Waals surface area contributed by atoms with Gasteiger partial charge in [0.15, 0.2) is 0 Å². The maximum absolute atomic E-state index is 12.1. The lowest BCUT2D eigenvalue weighted by molar-refractivity contribution is 0.415. The van der Waals surface area contributed by atoms with Gasteiger partial charge < -0.3 is 9.15 Å². The highest BCUT2D eigenvalue weighted by molar-refractivity contribution is 5.63. The fraction of sp³-hybridized carbons (Fsp3) is 0.118. The number of hydrogen-bond acceptors (Lipinski definition) is 3. The Hall–Kier alpha value is -2.55. The molecule has 0 radical (unpaired) electrons. The van der Waals surface area contributed by atoms with Gasteiger partial charge in [0.1, 0.15) is 11.2 Å². The van der Waals surface area contributed by atoms with Gasteiger partial charge in [0.25, 0.3) is 0 Å². The molecule has 0 aliphatic heterocycles. The van der Waals surface area contributed by atoms with Crippen LogP contribution in [-0.4, -0.2) is 7.11 Å². The van der Waals surface area contributed by atoms with Gasteiger partial charge in [-0.05, 0) is 36.8 Å². The maximum Gasteiger partial charge on any atom is 0.344 e. The average Bonchev–Trinajstić information content (AvgIpc) is 2.48. The Morgan fingerprint density at radius 2 is 1.95 bits per heavy atom. The van der Waals surface area contributed by atoms with Crippen molar-refractivity contribution >= 4 is 12.2 Å². The van der Waals surface area contributed by atoms with Crippen molar-refractivity contribution in [2.75, 3.05) is 7.11 Å². The second-order valence-corrected chi connectivity index (χ2v) is 4.19. The summed E-state index contributed by atoms with van der Waals surface area (Å²) in [5.74, 6) is 0.747. The van der Waals surface area contributed by atoms with Crippen molar-refractivity contribution in [2.24, 2.45) is 0 Å². The zero-order valence-corrected chi connectivity index (χ0v) is 11.6. The normalized spacial score (nSPS) is 12.5. The van der Waals surface area contributed by atoms with Crippen LogP contribution in [0.4, 0.5) is 0 Å². The van der Waals surface area contributed by atoms with Crippen molar-refractivity contribution in [3.05, 3.63) is 64.0 Å². The SMILES string of the molecule is C=CC=c1oc(=O)c(-c2ccc(OC)cc2)cc1=CC. The number of benzene rings is 1. The molecule has 0 atom stereocenters. The number of methoxy groups -OCH3 is 1. The quantitative estimate of drug-likeness (QED) is 0.855. The van der Waals surface area contributed by atoms with E-state index in [1.807, 2.05) is 43.3 Å². The zero-order valence-electron chi connectivity index (χ0n) is 11.6. The van der Waals surface area contributed by atoms with Crippen molar-refractivity contribution < 1.29 is 9.15 Å². The molecule has 0 bridgehead atoms. The molecular formula is C17H16O3. The molecule has 0 fully saturated rings. The molecule has 102 valence electrons.